The number of hydrogen-bond donors (Lipinski definition) is 0. The zero-order valence-corrected chi connectivity index (χ0v) is 17.7. The van der Waals surface area contributed by atoms with Crippen LogP contribution in [0.2, 0.25) is 0 Å². The number of benzene rings is 1. The summed E-state index contributed by atoms with van der Waals surface area (Å²) in [6.07, 6.45) is 6.03. The Balaban J connectivity index is 1.29. The molecule has 2 atom stereocenters. The van der Waals surface area contributed by atoms with Gasteiger partial charge in [0.1, 0.15) is 12.4 Å². The van der Waals surface area contributed by atoms with Crippen LogP contribution >= 0.6 is 11.8 Å². The first-order valence-electron chi connectivity index (χ1n) is 10.1. The molecular weight excluding hydrogens is 384 g/mol. The van der Waals surface area contributed by atoms with Gasteiger partial charge >= 0.3 is 5.97 Å². The molecule has 0 spiro atoms. The van der Waals surface area contributed by atoms with Crippen molar-refractivity contribution in [2.45, 2.75) is 39.7 Å². The summed E-state index contributed by atoms with van der Waals surface area (Å²) in [6, 6.07) is 12.1. The highest BCUT2D eigenvalue weighted by Crippen LogP contribution is 2.60. The Labute approximate surface area is 175 Å². The third-order valence-corrected chi connectivity index (χ3v) is 7.03. The Morgan fingerprint density at radius 3 is 2.79 bits per heavy atom. The van der Waals surface area contributed by atoms with Crippen molar-refractivity contribution in [1.29, 1.82) is 0 Å². The van der Waals surface area contributed by atoms with E-state index in [4.69, 9.17) is 9.15 Å². The smallest absolute Gasteiger partial charge is 0.310 e. The van der Waals surface area contributed by atoms with Crippen molar-refractivity contribution in [3.8, 4) is 0 Å². The van der Waals surface area contributed by atoms with Crippen molar-refractivity contribution >= 4 is 22.8 Å². The molecule has 2 aliphatic rings. The quantitative estimate of drug-likeness (QED) is 0.466. The van der Waals surface area contributed by atoms with Crippen LogP contribution in [0.3, 0.4) is 0 Å². The molecule has 1 saturated heterocycles. The van der Waals surface area contributed by atoms with Gasteiger partial charge < -0.3 is 9.15 Å². The van der Waals surface area contributed by atoms with Crippen LogP contribution < -0.4 is 0 Å². The molecule has 0 N–H and O–H groups in total. The molecule has 1 saturated carbocycles. The van der Waals surface area contributed by atoms with E-state index in [1.54, 1.807) is 6.26 Å². The maximum Gasteiger partial charge on any atom is 0.310 e. The minimum atomic E-state index is -0.156. The molecule has 2 fully saturated rings. The van der Waals surface area contributed by atoms with E-state index in [1.807, 2.05) is 30.3 Å². The Bertz CT molecular complexity index is 925. The van der Waals surface area contributed by atoms with E-state index in [9.17, 15) is 9.59 Å². The lowest BCUT2D eigenvalue weighted by Gasteiger charge is -2.04. The zero-order valence-electron chi connectivity index (χ0n) is 16.9. The topological polar surface area (TPSA) is 56.5 Å². The molecule has 4 nitrogen and oxygen atoms in total. The fraction of sp³-hybridized carbons (Fsp3) is 0.417. The molecule has 1 aromatic carbocycles. The second-order valence-electron chi connectivity index (χ2n) is 8.45. The number of rotatable bonds is 7. The molecule has 4 rings (SSSR count). The van der Waals surface area contributed by atoms with Crippen LogP contribution in [0.5, 0.6) is 0 Å². The highest BCUT2D eigenvalue weighted by Gasteiger charge is 2.61. The Kier molecular flexibility index (Phi) is 5.68. The molecular formula is C24H26O4S. The zero-order chi connectivity index (χ0) is 20.4. The number of hydrogen-bond acceptors (Lipinski definition) is 5. The van der Waals surface area contributed by atoms with Crippen molar-refractivity contribution in [2.75, 3.05) is 5.75 Å². The van der Waals surface area contributed by atoms with Gasteiger partial charge in [-0.1, -0.05) is 62.0 Å². The second kappa shape index (κ2) is 8.23. The molecule has 5 heteroatoms. The Morgan fingerprint density at radius 2 is 2.07 bits per heavy atom. The van der Waals surface area contributed by atoms with Gasteiger partial charge in [-0.3, -0.25) is 9.59 Å². The number of thioether (sulfide) groups is 1. The molecule has 0 unspecified atom stereocenters. The molecule has 0 amide bonds. The van der Waals surface area contributed by atoms with Gasteiger partial charge in [0.25, 0.3) is 0 Å². The van der Waals surface area contributed by atoms with Crippen molar-refractivity contribution in [1.82, 2.24) is 0 Å². The minimum Gasteiger partial charge on any atom is -0.469 e. The Hall–Kier alpha value is -2.27. The second-order valence-corrected chi connectivity index (χ2v) is 9.52. The SMILES string of the molecule is CC1(C)[C@H](C(=O)OCc2coc(Cc3ccccc3)c2)[C@@H]1C/C=C1\CCSC1=O. The van der Waals surface area contributed by atoms with Gasteiger partial charge in [0, 0.05) is 23.3 Å². The number of allylic oxidation sites excluding steroid dienone is 1. The fourth-order valence-corrected chi connectivity index (χ4v) is 5.07. The molecule has 29 heavy (non-hydrogen) atoms. The first-order valence-corrected chi connectivity index (χ1v) is 11.1. The van der Waals surface area contributed by atoms with Crippen molar-refractivity contribution in [2.24, 2.45) is 17.3 Å². The highest BCUT2D eigenvalue weighted by atomic mass is 32.2. The summed E-state index contributed by atoms with van der Waals surface area (Å²) < 4.78 is 11.2. The van der Waals surface area contributed by atoms with E-state index < -0.39 is 0 Å². The lowest BCUT2D eigenvalue weighted by Crippen LogP contribution is -2.10. The minimum absolute atomic E-state index is 0.0855. The van der Waals surface area contributed by atoms with Crippen molar-refractivity contribution in [3.05, 3.63) is 71.2 Å². The normalized spacial score (nSPS) is 24.1. The predicted molar refractivity (Wildman–Crippen MR) is 113 cm³/mol. The van der Waals surface area contributed by atoms with E-state index in [0.717, 1.165) is 41.9 Å². The molecule has 1 aliphatic carbocycles. The monoisotopic (exact) mass is 410 g/mol. The van der Waals surface area contributed by atoms with Crippen LogP contribution in [-0.4, -0.2) is 16.8 Å². The summed E-state index contributed by atoms with van der Waals surface area (Å²) in [4.78, 5) is 24.4. The van der Waals surface area contributed by atoms with Gasteiger partial charge in [0.15, 0.2) is 0 Å². The third-order valence-electron chi connectivity index (χ3n) is 6.10. The number of furan rings is 1. The molecule has 152 valence electrons. The number of carbonyl (C=O) groups excluding carboxylic acids is 2. The van der Waals surface area contributed by atoms with Gasteiger partial charge in [-0.05, 0) is 35.8 Å². The number of esters is 1. The van der Waals surface area contributed by atoms with Crippen molar-refractivity contribution < 1.29 is 18.7 Å². The van der Waals surface area contributed by atoms with E-state index in [1.165, 1.54) is 17.3 Å². The van der Waals surface area contributed by atoms with Gasteiger partial charge in [0.05, 0.1) is 12.2 Å². The van der Waals surface area contributed by atoms with Crippen LogP contribution in [0, 0.1) is 17.3 Å². The first kappa shape index (κ1) is 20.0. The van der Waals surface area contributed by atoms with Crippen LogP contribution in [-0.2, 0) is 27.4 Å². The number of ether oxygens (including phenoxy) is 1. The molecule has 2 aromatic rings. The van der Waals surface area contributed by atoms with Crippen LogP contribution in [0.25, 0.3) is 0 Å². The molecule has 1 aliphatic heterocycles. The van der Waals surface area contributed by atoms with Gasteiger partial charge in [0.2, 0.25) is 5.12 Å². The lowest BCUT2D eigenvalue weighted by molar-refractivity contribution is -0.147. The summed E-state index contributed by atoms with van der Waals surface area (Å²) in [6.45, 7) is 4.43. The predicted octanol–water partition coefficient (Wildman–Crippen LogP) is 5.17. The lowest BCUT2D eigenvalue weighted by atomic mass is 10.1. The average Bonchev–Trinajstić information content (AvgIpc) is 3.04. The van der Waals surface area contributed by atoms with Gasteiger partial charge in [-0.15, -0.1) is 0 Å². The maximum atomic E-state index is 12.6. The summed E-state index contributed by atoms with van der Waals surface area (Å²) >= 11 is 1.38. The van der Waals surface area contributed by atoms with Gasteiger partial charge in [-0.2, -0.15) is 0 Å². The van der Waals surface area contributed by atoms with Crippen LogP contribution in [0.15, 0.2) is 58.7 Å². The van der Waals surface area contributed by atoms with E-state index in [2.05, 4.69) is 26.0 Å². The molecule has 2 heterocycles. The standard InChI is InChI=1S/C24H26O4S/c1-24(2)20(9-8-18-10-11-29-23(18)26)21(24)22(25)28-15-17-13-19(27-14-17)12-16-6-4-3-5-7-16/h3-8,13-14,20-21H,9-12,15H2,1-2H3/b18-8+/t20-,21-/m0/s1. The summed E-state index contributed by atoms with van der Waals surface area (Å²) in [5.74, 6) is 1.70. The van der Waals surface area contributed by atoms with E-state index in [-0.39, 0.29) is 34.9 Å². The van der Waals surface area contributed by atoms with Gasteiger partial charge in [-0.25, -0.2) is 0 Å². The largest absolute Gasteiger partial charge is 0.469 e. The van der Waals surface area contributed by atoms with E-state index >= 15 is 0 Å². The third kappa shape index (κ3) is 4.50. The average molecular weight is 411 g/mol. The highest BCUT2D eigenvalue weighted by molar-refractivity contribution is 8.14. The first-order chi connectivity index (χ1) is 13.9. The Morgan fingerprint density at radius 1 is 1.28 bits per heavy atom. The summed E-state index contributed by atoms with van der Waals surface area (Å²) in [5, 5.41) is 0.189. The molecule has 0 bridgehead atoms. The fourth-order valence-electron chi connectivity index (χ4n) is 4.19. The van der Waals surface area contributed by atoms with E-state index in [0.29, 0.717) is 0 Å². The van der Waals surface area contributed by atoms with Crippen LogP contribution in [0.4, 0.5) is 0 Å². The number of carbonyl (C=O) groups is 2. The summed E-state index contributed by atoms with van der Waals surface area (Å²) in [7, 11) is 0. The molecule has 0 radical (unpaired) electrons. The summed E-state index contributed by atoms with van der Waals surface area (Å²) in [5.41, 5.74) is 2.88. The molecule has 1 aromatic heterocycles. The van der Waals surface area contributed by atoms with Crippen molar-refractivity contribution in [3.63, 3.8) is 0 Å². The van der Waals surface area contributed by atoms with Crippen LogP contribution in [0.1, 0.15) is 43.6 Å². The maximum absolute atomic E-state index is 12.6.